The van der Waals surface area contributed by atoms with Crippen molar-refractivity contribution in [2.75, 3.05) is 33.4 Å². The number of aryl methyl sites for hydroxylation is 1. The third kappa shape index (κ3) is 4.46. The van der Waals surface area contributed by atoms with Crippen LogP contribution in [0.2, 0.25) is 0 Å². The molecule has 1 aromatic rings. The van der Waals surface area contributed by atoms with Crippen LogP contribution in [0.5, 0.6) is 0 Å². The summed E-state index contributed by atoms with van der Waals surface area (Å²) in [6.45, 7) is 4.97. The lowest BCUT2D eigenvalue weighted by molar-refractivity contribution is 0.126. The highest BCUT2D eigenvalue weighted by atomic mass is 16.5. The van der Waals surface area contributed by atoms with Gasteiger partial charge in [-0.15, -0.1) is 0 Å². The summed E-state index contributed by atoms with van der Waals surface area (Å²) in [6.07, 6.45) is 0. The molecular formula is C14H20N2O2. The molecule has 0 saturated carbocycles. The Balaban J connectivity index is 2.71. The zero-order valence-electron chi connectivity index (χ0n) is 11.0. The fourth-order valence-electron chi connectivity index (χ4n) is 1.82. The number of hydrogen-bond acceptors (Lipinski definition) is 4. The Kier molecular flexibility index (Phi) is 6.37. The van der Waals surface area contributed by atoms with Gasteiger partial charge in [-0.3, -0.25) is 4.90 Å². The molecule has 98 valence electrons. The van der Waals surface area contributed by atoms with Crippen molar-refractivity contribution in [1.29, 1.82) is 5.26 Å². The highest BCUT2D eigenvalue weighted by Gasteiger charge is 2.07. The van der Waals surface area contributed by atoms with Gasteiger partial charge in [0.25, 0.3) is 0 Å². The third-order valence-electron chi connectivity index (χ3n) is 2.89. The molecule has 0 spiro atoms. The summed E-state index contributed by atoms with van der Waals surface area (Å²) in [5.41, 5.74) is 2.97. The first-order chi connectivity index (χ1) is 8.71. The molecule has 1 rings (SSSR count). The molecule has 4 nitrogen and oxygen atoms in total. The second-order valence-electron chi connectivity index (χ2n) is 4.25. The first-order valence-electron chi connectivity index (χ1n) is 6.03. The van der Waals surface area contributed by atoms with Crippen LogP contribution < -0.4 is 0 Å². The average Bonchev–Trinajstić information content (AvgIpc) is 2.38. The Morgan fingerprint density at radius 2 is 2.17 bits per heavy atom. The van der Waals surface area contributed by atoms with Crippen LogP contribution in [0.15, 0.2) is 18.2 Å². The minimum Gasteiger partial charge on any atom is -0.395 e. The number of methoxy groups -OCH3 is 1. The van der Waals surface area contributed by atoms with Crippen LogP contribution in [0.4, 0.5) is 0 Å². The van der Waals surface area contributed by atoms with E-state index in [9.17, 15) is 0 Å². The van der Waals surface area contributed by atoms with Crippen molar-refractivity contribution >= 4 is 0 Å². The number of aliphatic hydroxyl groups is 1. The zero-order chi connectivity index (χ0) is 13.4. The fourth-order valence-corrected chi connectivity index (χ4v) is 1.82. The molecule has 0 aliphatic rings. The van der Waals surface area contributed by atoms with Gasteiger partial charge in [-0.25, -0.2) is 0 Å². The second-order valence-corrected chi connectivity index (χ2v) is 4.25. The summed E-state index contributed by atoms with van der Waals surface area (Å²) in [5.74, 6) is 0. The van der Waals surface area contributed by atoms with Crippen molar-refractivity contribution < 1.29 is 9.84 Å². The van der Waals surface area contributed by atoms with Gasteiger partial charge in [0.05, 0.1) is 24.8 Å². The van der Waals surface area contributed by atoms with Crippen molar-refractivity contribution in [2.24, 2.45) is 0 Å². The van der Waals surface area contributed by atoms with E-state index < -0.39 is 0 Å². The Hall–Kier alpha value is -1.41. The van der Waals surface area contributed by atoms with Crippen LogP contribution >= 0.6 is 0 Å². The minimum atomic E-state index is 0.138. The topological polar surface area (TPSA) is 56.5 Å². The summed E-state index contributed by atoms with van der Waals surface area (Å²) in [7, 11) is 1.67. The number of nitrogens with zero attached hydrogens (tertiary/aromatic N) is 2. The molecule has 0 aromatic heterocycles. The minimum absolute atomic E-state index is 0.138. The van der Waals surface area contributed by atoms with Gasteiger partial charge >= 0.3 is 0 Å². The molecule has 0 amide bonds. The second kappa shape index (κ2) is 7.83. The standard InChI is InChI=1S/C14H20N2O2/c1-12-9-13(10-15)3-4-14(12)11-16(5-7-17)6-8-18-2/h3-4,9,17H,5-8,11H2,1-2H3. The predicted octanol–water partition coefficient (Wildman–Crippen LogP) is 1.31. The van der Waals surface area contributed by atoms with Gasteiger partial charge in [0.15, 0.2) is 0 Å². The van der Waals surface area contributed by atoms with E-state index in [0.717, 1.165) is 18.7 Å². The van der Waals surface area contributed by atoms with E-state index in [1.807, 2.05) is 25.1 Å². The lowest BCUT2D eigenvalue weighted by Gasteiger charge is -2.22. The molecule has 0 aliphatic carbocycles. The van der Waals surface area contributed by atoms with Gasteiger partial charge in [-0.1, -0.05) is 6.07 Å². The molecule has 1 N–H and O–H groups in total. The maximum absolute atomic E-state index is 9.04. The van der Waals surface area contributed by atoms with E-state index in [4.69, 9.17) is 15.1 Å². The quantitative estimate of drug-likeness (QED) is 0.790. The molecule has 0 atom stereocenters. The maximum atomic E-state index is 9.04. The molecule has 1 aromatic carbocycles. The number of rotatable bonds is 7. The van der Waals surface area contributed by atoms with Gasteiger partial charge in [-0.2, -0.15) is 5.26 Å². The van der Waals surface area contributed by atoms with Gasteiger partial charge in [0.2, 0.25) is 0 Å². The molecule has 0 radical (unpaired) electrons. The zero-order valence-corrected chi connectivity index (χ0v) is 11.0. The molecule has 0 saturated heterocycles. The number of benzene rings is 1. The summed E-state index contributed by atoms with van der Waals surface area (Å²) in [5, 5.41) is 17.9. The van der Waals surface area contributed by atoms with Crippen LogP contribution in [-0.4, -0.2) is 43.4 Å². The summed E-state index contributed by atoms with van der Waals surface area (Å²) in [6, 6.07) is 7.83. The molecule has 4 heteroatoms. The van der Waals surface area contributed by atoms with Crippen molar-refractivity contribution in [3.8, 4) is 6.07 Å². The van der Waals surface area contributed by atoms with Gasteiger partial charge in [0.1, 0.15) is 0 Å². The van der Waals surface area contributed by atoms with Crippen molar-refractivity contribution in [3.63, 3.8) is 0 Å². The van der Waals surface area contributed by atoms with Crippen LogP contribution in [0.1, 0.15) is 16.7 Å². The Morgan fingerprint density at radius 3 is 2.72 bits per heavy atom. The Morgan fingerprint density at radius 1 is 1.39 bits per heavy atom. The summed E-state index contributed by atoms with van der Waals surface area (Å²) >= 11 is 0. The van der Waals surface area contributed by atoms with E-state index in [1.165, 1.54) is 5.56 Å². The van der Waals surface area contributed by atoms with Crippen LogP contribution in [0.25, 0.3) is 0 Å². The summed E-state index contributed by atoms with van der Waals surface area (Å²) < 4.78 is 5.06. The predicted molar refractivity (Wildman–Crippen MR) is 70.1 cm³/mol. The SMILES string of the molecule is COCCN(CCO)Cc1ccc(C#N)cc1C. The van der Waals surface area contributed by atoms with Gasteiger partial charge < -0.3 is 9.84 Å². The molecular weight excluding hydrogens is 228 g/mol. The third-order valence-corrected chi connectivity index (χ3v) is 2.89. The maximum Gasteiger partial charge on any atom is 0.0991 e. The number of aliphatic hydroxyl groups excluding tert-OH is 1. The van der Waals surface area contributed by atoms with Gasteiger partial charge in [0, 0.05) is 26.7 Å². The van der Waals surface area contributed by atoms with Crippen LogP contribution in [0, 0.1) is 18.3 Å². The smallest absolute Gasteiger partial charge is 0.0991 e. The van der Waals surface area contributed by atoms with E-state index in [2.05, 4.69) is 11.0 Å². The van der Waals surface area contributed by atoms with Gasteiger partial charge in [-0.05, 0) is 30.2 Å². The van der Waals surface area contributed by atoms with Crippen molar-refractivity contribution in [2.45, 2.75) is 13.5 Å². The largest absolute Gasteiger partial charge is 0.395 e. The molecule has 0 unspecified atom stereocenters. The Labute approximate surface area is 108 Å². The Bertz CT molecular complexity index is 413. The molecule has 0 aliphatic heterocycles. The normalized spacial score (nSPS) is 10.6. The monoisotopic (exact) mass is 248 g/mol. The van der Waals surface area contributed by atoms with Crippen molar-refractivity contribution in [1.82, 2.24) is 4.90 Å². The average molecular weight is 248 g/mol. The lowest BCUT2D eigenvalue weighted by Crippen LogP contribution is -2.30. The number of ether oxygens (including phenoxy) is 1. The molecule has 0 bridgehead atoms. The molecule has 18 heavy (non-hydrogen) atoms. The van der Waals surface area contributed by atoms with Crippen molar-refractivity contribution in [3.05, 3.63) is 34.9 Å². The van der Waals surface area contributed by atoms with Crippen LogP contribution in [0.3, 0.4) is 0 Å². The molecule has 0 heterocycles. The van der Waals surface area contributed by atoms with E-state index in [-0.39, 0.29) is 6.61 Å². The number of nitriles is 1. The van der Waals surface area contributed by atoms with Crippen LogP contribution in [-0.2, 0) is 11.3 Å². The highest BCUT2D eigenvalue weighted by Crippen LogP contribution is 2.13. The first-order valence-corrected chi connectivity index (χ1v) is 6.03. The highest BCUT2D eigenvalue weighted by molar-refractivity contribution is 5.37. The number of hydrogen-bond donors (Lipinski definition) is 1. The molecule has 0 fully saturated rings. The van der Waals surface area contributed by atoms with E-state index >= 15 is 0 Å². The lowest BCUT2D eigenvalue weighted by atomic mass is 10.1. The first kappa shape index (κ1) is 14.7. The van der Waals surface area contributed by atoms with E-state index in [1.54, 1.807) is 7.11 Å². The van der Waals surface area contributed by atoms with E-state index in [0.29, 0.717) is 18.7 Å². The fraction of sp³-hybridized carbons (Fsp3) is 0.500. The summed E-state index contributed by atoms with van der Waals surface area (Å²) in [4.78, 5) is 2.14.